The van der Waals surface area contributed by atoms with Gasteiger partial charge in [-0.1, -0.05) is 30.3 Å². The Kier molecular flexibility index (Phi) is 4.04. The van der Waals surface area contributed by atoms with Crippen LogP contribution in [0.5, 0.6) is 0 Å². The van der Waals surface area contributed by atoms with E-state index in [0.29, 0.717) is 0 Å². The van der Waals surface area contributed by atoms with Crippen molar-refractivity contribution in [2.45, 2.75) is 63.2 Å². The molecule has 27 heavy (non-hydrogen) atoms. The second-order valence-electron chi connectivity index (χ2n) is 8.75. The van der Waals surface area contributed by atoms with Crippen LogP contribution in [0.15, 0.2) is 42.6 Å². The Hall–Kier alpha value is -2.40. The molecule has 1 amide bonds. The minimum absolute atomic E-state index is 0.403. The summed E-state index contributed by atoms with van der Waals surface area (Å²) in [5.41, 5.74) is 2.40. The molecule has 1 heterocycles. The summed E-state index contributed by atoms with van der Waals surface area (Å²) >= 11 is 0. The van der Waals surface area contributed by atoms with Gasteiger partial charge in [-0.25, -0.2) is 4.79 Å². The Morgan fingerprint density at radius 2 is 1.67 bits per heavy atom. The molecule has 2 fully saturated rings. The maximum absolute atomic E-state index is 12.1. The Bertz CT molecular complexity index is 843. The van der Waals surface area contributed by atoms with Gasteiger partial charge in [0, 0.05) is 11.8 Å². The number of nitrogens with zero attached hydrogens (tertiary/aromatic N) is 1. The van der Waals surface area contributed by atoms with Gasteiger partial charge in [0.25, 0.3) is 0 Å². The van der Waals surface area contributed by atoms with Crippen molar-refractivity contribution in [3.8, 4) is 11.1 Å². The number of aromatic nitrogens is 1. The molecule has 0 bridgehead atoms. The fourth-order valence-corrected chi connectivity index (χ4v) is 3.30. The van der Waals surface area contributed by atoms with Gasteiger partial charge in [0.05, 0.1) is 16.8 Å². The Balaban J connectivity index is 1.46. The van der Waals surface area contributed by atoms with Crippen LogP contribution < -0.4 is 5.32 Å². The summed E-state index contributed by atoms with van der Waals surface area (Å²) in [5.74, 6) is 0. The molecule has 0 spiro atoms. The third-order valence-electron chi connectivity index (χ3n) is 5.22. The monoisotopic (exact) mass is 366 g/mol. The van der Waals surface area contributed by atoms with Gasteiger partial charge in [-0.15, -0.1) is 0 Å². The first kappa shape index (κ1) is 18.0. The van der Waals surface area contributed by atoms with Gasteiger partial charge in [0.15, 0.2) is 0 Å². The molecule has 5 nitrogen and oxygen atoms in total. The lowest BCUT2D eigenvalue weighted by Gasteiger charge is -2.23. The number of benzene rings is 1. The Morgan fingerprint density at radius 1 is 1.04 bits per heavy atom. The van der Waals surface area contributed by atoms with Gasteiger partial charge < -0.3 is 15.2 Å². The highest BCUT2D eigenvalue weighted by Crippen LogP contribution is 2.46. The smallest absolute Gasteiger partial charge is 0.408 e. The number of carbonyl (C=O) groups is 1. The number of ether oxygens (including phenoxy) is 1. The van der Waals surface area contributed by atoms with Gasteiger partial charge in [-0.05, 0) is 63.6 Å². The van der Waals surface area contributed by atoms with E-state index in [2.05, 4.69) is 10.3 Å². The molecular formula is C22H26N2O3. The molecule has 142 valence electrons. The minimum atomic E-state index is -0.605. The number of pyridine rings is 1. The summed E-state index contributed by atoms with van der Waals surface area (Å²) in [5, 5.41) is 13.2. The van der Waals surface area contributed by atoms with Crippen LogP contribution in [0.2, 0.25) is 0 Å². The summed E-state index contributed by atoms with van der Waals surface area (Å²) in [6, 6.07) is 12.0. The highest BCUT2D eigenvalue weighted by atomic mass is 16.6. The maximum atomic E-state index is 12.1. The molecule has 0 unspecified atom stereocenters. The summed E-state index contributed by atoms with van der Waals surface area (Å²) in [6.07, 6.45) is 4.86. The zero-order valence-electron chi connectivity index (χ0n) is 16.1. The van der Waals surface area contributed by atoms with Crippen molar-refractivity contribution < 1.29 is 14.6 Å². The fourth-order valence-electron chi connectivity index (χ4n) is 3.30. The Morgan fingerprint density at radius 3 is 2.15 bits per heavy atom. The van der Waals surface area contributed by atoms with E-state index in [1.807, 2.05) is 63.4 Å². The van der Waals surface area contributed by atoms with E-state index in [4.69, 9.17) is 4.74 Å². The quantitative estimate of drug-likeness (QED) is 0.849. The van der Waals surface area contributed by atoms with Gasteiger partial charge >= 0.3 is 6.09 Å². The average molecular weight is 366 g/mol. The number of hydrogen-bond donors (Lipinski definition) is 2. The summed E-state index contributed by atoms with van der Waals surface area (Å²) in [7, 11) is 0. The van der Waals surface area contributed by atoms with E-state index in [0.717, 1.165) is 48.1 Å². The topological polar surface area (TPSA) is 71.5 Å². The zero-order chi connectivity index (χ0) is 19.3. The number of amides is 1. The number of nitrogens with one attached hydrogen (secondary N) is 1. The highest BCUT2D eigenvalue weighted by Gasteiger charge is 2.48. The number of rotatable bonds is 4. The van der Waals surface area contributed by atoms with E-state index in [1.165, 1.54) is 0 Å². The van der Waals surface area contributed by atoms with Crippen LogP contribution in [0.3, 0.4) is 0 Å². The molecule has 0 atom stereocenters. The third kappa shape index (κ3) is 3.83. The van der Waals surface area contributed by atoms with Crippen molar-refractivity contribution in [1.29, 1.82) is 0 Å². The summed E-state index contributed by atoms with van der Waals surface area (Å²) < 4.78 is 5.37. The largest absolute Gasteiger partial charge is 0.444 e. The van der Waals surface area contributed by atoms with Crippen LogP contribution in [0.25, 0.3) is 11.1 Å². The molecule has 0 aliphatic heterocycles. The molecule has 1 aromatic heterocycles. The molecule has 2 aliphatic rings. The lowest BCUT2D eigenvalue weighted by atomic mass is 10.0. The van der Waals surface area contributed by atoms with E-state index < -0.39 is 22.8 Å². The predicted octanol–water partition coefficient (Wildman–Crippen LogP) is 4.24. The number of carbonyl (C=O) groups excluding carboxylic acids is 1. The lowest BCUT2D eigenvalue weighted by molar-refractivity contribution is 0.0493. The first-order valence-corrected chi connectivity index (χ1v) is 9.50. The second kappa shape index (κ2) is 6.06. The van der Waals surface area contributed by atoms with Crippen LogP contribution in [0.1, 0.15) is 57.7 Å². The van der Waals surface area contributed by atoms with Gasteiger partial charge in [-0.2, -0.15) is 0 Å². The SMILES string of the molecule is CC(C)(C)OC(=O)NC1(c2ccc(-c3ccc(C4(O)CC4)cc3)cn2)CC1. The molecular weight excluding hydrogens is 340 g/mol. The van der Waals surface area contributed by atoms with Crippen molar-refractivity contribution in [3.05, 3.63) is 53.9 Å². The Labute approximate surface area is 159 Å². The molecule has 5 heteroatoms. The van der Waals surface area contributed by atoms with Crippen LogP contribution in [0, 0.1) is 0 Å². The summed E-state index contributed by atoms with van der Waals surface area (Å²) in [4.78, 5) is 16.7. The van der Waals surface area contributed by atoms with Crippen LogP contribution >= 0.6 is 0 Å². The second-order valence-corrected chi connectivity index (χ2v) is 8.75. The predicted molar refractivity (Wildman–Crippen MR) is 103 cm³/mol. The van der Waals surface area contributed by atoms with E-state index >= 15 is 0 Å². The third-order valence-corrected chi connectivity index (χ3v) is 5.22. The van der Waals surface area contributed by atoms with E-state index in [-0.39, 0.29) is 0 Å². The van der Waals surface area contributed by atoms with Crippen molar-refractivity contribution in [2.75, 3.05) is 0 Å². The van der Waals surface area contributed by atoms with Crippen molar-refractivity contribution >= 4 is 6.09 Å². The first-order valence-electron chi connectivity index (χ1n) is 9.50. The molecule has 0 saturated heterocycles. The van der Waals surface area contributed by atoms with Crippen molar-refractivity contribution in [2.24, 2.45) is 0 Å². The first-order chi connectivity index (χ1) is 12.7. The number of aliphatic hydroxyl groups is 1. The highest BCUT2D eigenvalue weighted by molar-refractivity contribution is 5.70. The molecule has 2 aliphatic carbocycles. The lowest BCUT2D eigenvalue weighted by Crippen LogP contribution is -2.39. The van der Waals surface area contributed by atoms with Crippen molar-refractivity contribution in [3.63, 3.8) is 0 Å². The van der Waals surface area contributed by atoms with E-state index in [1.54, 1.807) is 0 Å². The molecule has 1 aromatic carbocycles. The normalized spacial score (nSPS) is 19.3. The van der Waals surface area contributed by atoms with Gasteiger partial charge in [0.2, 0.25) is 0 Å². The number of alkyl carbamates (subject to hydrolysis) is 1. The minimum Gasteiger partial charge on any atom is -0.444 e. The van der Waals surface area contributed by atoms with Crippen LogP contribution in [-0.2, 0) is 15.9 Å². The maximum Gasteiger partial charge on any atom is 0.408 e. The summed E-state index contributed by atoms with van der Waals surface area (Å²) in [6.45, 7) is 5.56. The van der Waals surface area contributed by atoms with Crippen molar-refractivity contribution in [1.82, 2.24) is 10.3 Å². The molecule has 2 N–H and O–H groups in total. The number of hydrogen-bond acceptors (Lipinski definition) is 4. The van der Waals surface area contributed by atoms with Gasteiger partial charge in [-0.3, -0.25) is 4.98 Å². The molecule has 2 saturated carbocycles. The average Bonchev–Trinajstić information content (AvgIpc) is 3.53. The fraction of sp³-hybridized carbons (Fsp3) is 0.455. The zero-order valence-corrected chi connectivity index (χ0v) is 16.1. The molecule has 2 aromatic rings. The van der Waals surface area contributed by atoms with Crippen LogP contribution in [0.4, 0.5) is 4.79 Å². The molecule has 4 rings (SSSR count). The van der Waals surface area contributed by atoms with E-state index in [9.17, 15) is 9.90 Å². The molecule has 0 radical (unpaired) electrons. The van der Waals surface area contributed by atoms with Gasteiger partial charge in [0.1, 0.15) is 5.60 Å². The standard InChI is InChI=1S/C22H26N2O3/c1-20(2,3)27-19(25)24-21(10-11-21)18-9-6-16(14-23-18)15-4-7-17(8-5-15)22(26)12-13-22/h4-9,14,26H,10-13H2,1-3H3,(H,24,25). The van der Waals surface area contributed by atoms with Crippen LogP contribution in [-0.4, -0.2) is 21.8 Å².